The van der Waals surface area contributed by atoms with Crippen LogP contribution in [0.2, 0.25) is 0 Å². The third-order valence-corrected chi connectivity index (χ3v) is 4.19. The van der Waals surface area contributed by atoms with Crippen LogP contribution in [0, 0.1) is 0 Å². The van der Waals surface area contributed by atoms with E-state index in [0.717, 1.165) is 50.1 Å². The number of aryl methyl sites for hydroxylation is 1. The summed E-state index contributed by atoms with van der Waals surface area (Å²) in [5.74, 6) is -0.0173. The number of nitrogens with zero attached hydrogens (tertiary/aromatic N) is 2. The Morgan fingerprint density at radius 1 is 1.30 bits per heavy atom. The van der Waals surface area contributed by atoms with Crippen LogP contribution in [0.15, 0.2) is 42.6 Å². The van der Waals surface area contributed by atoms with Gasteiger partial charge in [-0.2, -0.15) is 0 Å². The fraction of sp³-hybridized carbons (Fsp3) is 0.368. The van der Waals surface area contributed by atoms with Crippen molar-refractivity contribution >= 4 is 17.3 Å². The third-order valence-electron chi connectivity index (χ3n) is 4.19. The van der Waals surface area contributed by atoms with Crippen LogP contribution in [0.3, 0.4) is 0 Å². The van der Waals surface area contributed by atoms with Gasteiger partial charge in [-0.15, -0.1) is 0 Å². The number of hydrogen-bond donors (Lipinski definition) is 1. The third kappa shape index (κ3) is 3.52. The number of carbonyl (C=O) groups is 1. The molecule has 0 saturated carbocycles. The minimum atomic E-state index is -0.0173. The molecule has 4 heteroatoms. The average Bonchev–Trinajstić information content (AvgIpc) is 2.61. The van der Waals surface area contributed by atoms with Crippen molar-refractivity contribution in [2.24, 2.45) is 0 Å². The van der Waals surface area contributed by atoms with E-state index in [1.165, 1.54) is 5.56 Å². The monoisotopic (exact) mass is 309 g/mol. The van der Waals surface area contributed by atoms with Gasteiger partial charge in [-0.25, -0.2) is 0 Å². The summed E-state index contributed by atoms with van der Waals surface area (Å²) in [6.07, 6.45) is 6.00. The molecule has 1 aliphatic rings. The van der Waals surface area contributed by atoms with E-state index in [1.54, 1.807) is 6.20 Å². The molecular formula is C19H23N3O. The van der Waals surface area contributed by atoms with Gasteiger partial charge in [-0.3, -0.25) is 9.78 Å². The number of anilines is 2. The Labute approximate surface area is 137 Å². The molecular weight excluding hydrogens is 286 g/mol. The fourth-order valence-corrected chi connectivity index (χ4v) is 2.95. The standard InChI is InChI=1S/C19H23N3O/c1-2-3-11-20-16-10-12-21-17(14-16)19(23)22-13-6-8-15-7-4-5-9-18(15)22/h4-5,7,9-10,12,14H,2-3,6,8,11,13H2,1H3,(H,20,21). The van der Waals surface area contributed by atoms with Gasteiger partial charge in [0, 0.05) is 30.7 Å². The number of pyridine rings is 1. The molecule has 1 aromatic carbocycles. The lowest BCUT2D eigenvalue weighted by Gasteiger charge is -2.29. The van der Waals surface area contributed by atoms with E-state index < -0.39 is 0 Å². The number of carbonyl (C=O) groups excluding carboxylic acids is 1. The number of fused-ring (bicyclic) bond motifs is 1. The van der Waals surface area contributed by atoms with Crippen molar-refractivity contribution < 1.29 is 4.79 Å². The molecule has 1 N–H and O–H groups in total. The van der Waals surface area contributed by atoms with Crippen LogP contribution in [0.4, 0.5) is 11.4 Å². The van der Waals surface area contributed by atoms with E-state index in [0.29, 0.717) is 5.69 Å². The van der Waals surface area contributed by atoms with Crippen LogP contribution in [-0.4, -0.2) is 24.0 Å². The summed E-state index contributed by atoms with van der Waals surface area (Å²) in [6.45, 7) is 3.84. The van der Waals surface area contributed by atoms with Gasteiger partial charge >= 0.3 is 0 Å². The minimum Gasteiger partial charge on any atom is -0.385 e. The van der Waals surface area contributed by atoms with Crippen LogP contribution < -0.4 is 10.2 Å². The number of rotatable bonds is 5. The molecule has 1 amide bonds. The normalized spacial score (nSPS) is 13.5. The van der Waals surface area contributed by atoms with Gasteiger partial charge in [0.15, 0.2) is 0 Å². The van der Waals surface area contributed by atoms with E-state index in [-0.39, 0.29) is 5.91 Å². The lowest BCUT2D eigenvalue weighted by Crippen LogP contribution is -2.35. The number of unbranched alkanes of at least 4 members (excludes halogenated alkanes) is 1. The molecule has 0 spiro atoms. The molecule has 4 nitrogen and oxygen atoms in total. The van der Waals surface area contributed by atoms with Gasteiger partial charge in [-0.1, -0.05) is 31.5 Å². The Hall–Kier alpha value is -2.36. The number of nitrogens with one attached hydrogen (secondary N) is 1. The Bertz CT molecular complexity index is 684. The van der Waals surface area contributed by atoms with Crippen molar-refractivity contribution in [3.63, 3.8) is 0 Å². The molecule has 2 aromatic rings. The van der Waals surface area contributed by atoms with Gasteiger partial charge in [0.2, 0.25) is 0 Å². The second-order valence-corrected chi connectivity index (χ2v) is 5.90. The highest BCUT2D eigenvalue weighted by atomic mass is 16.2. The van der Waals surface area contributed by atoms with E-state index in [1.807, 2.05) is 35.2 Å². The first-order valence-electron chi connectivity index (χ1n) is 8.39. The van der Waals surface area contributed by atoms with Crippen molar-refractivity contribution in [3.8, 4) is 0 Å². The second kappa shape index (κ2) is 7.27. The van der Waals surface area contributed by atoms with Crippen molar-refractivity contribution in [1.82, 2.24) is 4.98 Å². The highest BCUT2D eigenvalue weighted by molar-refractivity contribution is 6.05. The molecule has 0 radical (unpaired) electrons. The summed E-state index contributed by atoms with van der Waals surface area (Å²) in [5, 5.41) is 3.35. The molecule has 2 heterocycles. The molecule has 1 aromatic heterocycles. The molecule has 0 fully saturated rings. The summed E-state index contributed by atoms with van der Waals surface area (Å²) in [4.78, 5) is 19.0. The van der Waals surface area contributed by atoms with Gasteiger partial charge in [0.1, 0.15) is 5.69 Å². The fourth-order valence-electron chi connectivity index (χ4n) is 2.95. The van der Waals surface area contributed by atoms with Crippen LogP contribution in [0.1, 0.15) is 42.2 Å². The van der Waals surface area contributed by atoms with Crippen LogP contribution in [-0.2, 0) is 6.42 Å². The highest BCUT2D eigenvalue weighted by Gasteiger charge is 2.24. The zero-order chi connectivity index (χ0) is 16.1. The largest absolute Gasteiger partial charge is 0.385 e. The van der Waals surface area contributed by atoms with Crippen molar-refractivity contribution in [2.75, 3.05) is 23.3 Å². The Morgan fingerprint density at radius 3 is 3.04 bits per heavy atom. The van der Waals surface area contributed by atoms with Gasteiger partial charge in [-0.05, 0) is 43.0 Å². The maximum Gasteiger partial charge on any atom is 0.276 e. The number of aromatic nitrogens is 1. The Balaban J connectivity index is 1.80. The molecule has 0 unspecified atom stereocenters. The molecule has 1 aliphatic heterocycles. The summed E-state index contributed by atoms with van der Waals surface area (Å²) < 4.78 is 0. The van der Waals surface area contributed by atoms with Crippen molar-refractivity contribution in [1.29, 1.82) is 0 Å². The van der Waals surface area contributed by atoms with Crippen molar-refractivity contribution in [2.45, 2.75) is 32.6 Å². The Morgan fingerprint density at radius 2 is 2.17 bits per heavy atom. The maximum atomic E-state index is 12.9. The zero-order valence-electron chi connectivity index (χ0n) is 13.6. The number of benzene rings is 1. The van der Waals surface area contributed by atoms with E-state index >= 15 is 0 Å². The van der Waals surface area contributed by atoms with E-state index in [2.05, 4.69) is 23.3 Å². The summed E-state index contributed by atoms with van der Waals surface area (Å²) in [6, 6.07) is 11.9. The number of para-hydroxylation sites is 1. The van der Waals surface area contributed by atoms with Gasteiger partial charge in [0.25, 0.3) is 5.91 Å². The first-order valence-corrected chi connectivity index (χ1v) is 8.39. The molecule has 0 saturated heterocycles. The SMILES string of the molecule is CCCCNc1ccnc(C(=O)N2CCCc3ccccc32)c1. The number of amides is 1. The average molecular weight is 309 g/mol. The van der Waals surface area contributed by atoms with Crippen LogP contribution >= 0.6 is 0 Å². The lowest BCUT2D eigenvalue weighted by molar-refractivity contribution is 0.0980. The second-order valence-electron chi connectivity index (χ2n) is 5.90. The first-order chi connectivity index (χ1) is 11.3. The lowest BCUT2D eigenvalue weighted by atomic mass is 10.0. The predicted molar refractivity (Wildman–Crippen MR) is 94.1 cm³/mol. The summed E-state index contributed by atoms with van der Waals surface area (Å²) >= 11 is 0. The minimum absolute atomic E-state index is 0.0173. The summed E-state index contributed by atoms with van der Waals surface area (Å²) in [7, 11) is 0. The molecule has 3 rings (SSSR count). The molecule has 0 bridgehead atoms. The molecule has 23 heavy (non-hydrogen) atoms. The molecule has 0 aliphatic carbocycles. The smallest absolute Gasteiger partial charge is 0.276 e. The van der Waals surface area contributed by atoms with Crippen molar-refractivity contribution in [3.05, 3.63) is 53.9 Å². The zero-order valence-corrected chi connectivity index (χ0v) is 13.6. The maximum absolute atomic E-state index is 12.9. The van der Waals surface area contributed by atoms with Crippen LogP contribution in [0.25, 0.3) is 0 Å². The van der Waals surface area contributed by atoms with E-state index in [4.69, 9.17) is 0 Å². The summed E-state index contributed by atoms with van der Waals surface area (Å²) in [5.41, 5.74) is 3.73. The highest BCUT2D eigenvalue weighted by Crippen LogP contribution is 2.28. The first kappa shape index (κ1) is 15.5. The van der Waals surface area contributed by atoms with E-state index in [9.17, 15) is 4.79 Å². The molecule has 0 atom stereocenters. The van der Waals surface area contributed by atoms with Gasteiger partial charge in [0.05, 0.1) is 0 Å². The topological polar surface area (TPSA) is 45.2 Å². The number of hydrogen-bond acceptors (Lipinski definition) is 3. The Kier molecular flexibility index (Phi) is 4.91. The predicted octanol–water partition coefficient (Wildman–Crippen LogP) is 3.89. The molecule has 120 valence electrons. The van der Waals surface area contributed by atoms with Crippen LogP contribution in [0.5, 0.6) is 0 Å². The quantitative estimate of drug-likeness (QED) is 0.852. The van der Waals surface area contributed by atoms with Gasteiger partial charge < -0.3 is 10.2 Å².